The molecule has 0 spiro atoms. The molecule has 0 saturated heterocycles. The molecule has 0 unspecified atom stereocenters. The largest absolute Gasteiger partial charge is 0.396 e. The first-order valence-electron chi connectivity index (χ1n) is 3.64. The zero-order valence-corrected chi connectivity index (χ0v) is 7.11. The van der Waals surface area contributed by atoms with E-state index in [9.17, 15) is 4.39 Å². The van der Waals surface area contributed by atoms with E-state index in [1.54, 1.807) is 26.0 Å². The fraction of sp³-hybridized carbons (Fsp3) is 0.222. The van der Waals surface area contributed by atoms with Crippen LogP contribution in [0.2, 0.25) is 0 Å². The van der Waals surface area contributed by atoms with Crippen LogP contribution < -0.4 is 5.73 Å². The van der Waals surface area contributed by atoms with Crippen LogP contribution in [0.15, 0.2) is 12.1 Å². The van der Waals surface area contributed by atoms with E-state index in [4.69, 9.17) is 11.1 Å². The third kappa shape index (κ3) is 1.30. The van der Waals surface area contributed by atoms with Crippen LogP contribution in [0.5, 0.6) is 0 Å². The fourth-order valence-electron chi connectivity index (χ4n) is 1.03. The third-order valence-electron chi connectivity index (χ3n) is 1.78. The summed E-state index contributed by atoms with van der Waals surface area (Å²) in [4.78, 5) is 0. The number of hydrogen-bond donors (Lipinski definition) is 2. The Morgan fingerprint density at radius 3 is 2.58 bits per heavy atom. The number of anilines is 1. The Morgan fingerprint density at radius 1 is 1.50 bits per heavy atom. The molecule has 0 bridgehead atoms. The summed E-state index contributed by atoms with van der Waals surface area (Å²) in [7, 11) is 0. The van der Waals surface area contributed by atoms with Gasteiger partial charge < -0.3 is 11.1 Å². The first-order chi connectivity index (χ1) is 5.54. The quantitative estimate of drug-likeness (QED) is 0.487. The SMILES string of the molecule is CC(=N)c1ccc(C)c(F)c1N. The second-order valence-electron chi connectivity index (χ2n) is 2.78. The summed E-state index contributed by atoms with van der Waals surface area (Å²) in [5.41, 5.74) is 6.81. The highest BCUT2D eigenvalue weighted by Gasteiger charge is 2.08. The molecule has 1 aromatic carbocycles. The summed E-state index contributed by atoms with van der Waals surface area (Å²) in [6, 6.07) is 3.29. The van der Waals surface area contributed by atoms with Gasteiger partial charge in [-0.3, -0.25) is 0 Å². The maximum absolute atomic E-state index is 13.1. The summed E-state index contributed by atoms with van der Waals surface area (Å²) >= 11 is 0. The molecule has 1 rings (SSSR count). The van der Waals surface area contributed by atoms with Crippen molar-refractivity contribution in [1.29, 1.82) is 5.41 Å². The van der Waals surface area contributed by atoms with Gasteiger partial charge >= 0.3 is 0 Å². The van der Waals surface area contributed by atoms with Gasteiger partial charge in [0.25, 0.3) is 0 Å². The van der Waals surface area contributed by atoms with Crippen LogP contribution in [0.25, 0.3) is 0 Å². The molecule has 2 nitrogen and oxygen atoms in total. The van der Waals surface area contributed by atoms with Crippen LogP contribution in [0.3, 0.4) is 0 Å². The molecule has 0 radical (unpaired) electrons. The first kappa shape index (κ1) is 8.71. The van der Waals surface area contributed by atoms with Crippen molar-refractivity contribution < 1.29 is 4.39 Å². The monoisotopic (exact) mass is 166 g/mol. The molecule has 0 aliphatic heterocycles. The van der Waals surface area contributed by atoms with Crippen molar-refractivity contribution in [2.75, 3.05) is 5.73 Å². The molecule has 3 N–H and O–H groups in total. The van der Waals surface area contributed by atoms with Crippen molar-refractivity contribution in [1.82, 2.24) is 0 Å². The average molecular weight is 166 g/mol. The predicted octanol–water partition coefficient (Wildman–Crippen LogP) is 2.10. The molecule has 0 aliphatic rings. The van der Waals surface area contributed by atoms with E-state index < -0.39 is 5.82 Å². The maximum Gasteiger partial charge on any atom is 0.149 e. The number of hydrogen-bond acceptors (Lipinski definition) is 2. The summed E-state index contributed by atoms with van der Waals surface area (Å²) in [5.74, 6) is -0.417. The normalized spacial score (nSPS) is 9.92. The molecular weight excluding hydrogens is 155 g/mol. The number of nitrogens with two attached hydrogens (primary N) is 1. The number of aryl methyl sites for hydroxylation is 1. The summed E-state index contributed by atoms with van der Waals surface area (Å²) in [6.07, 6.45) is 0. The molecule has 0 heterocycles. The molecule has 1 aromatic rings. The predicted molar refractivity (Wildman–Crippen MR) is 48.1 cm³/mol. The summed E-state index contributed by atoms with van der Waals surface area (Å²) in [6.45, 7) is 3.23. The number of halogens is 1. The lowest BCUT2D eigenvalue weighted by molar-refractivity contribution is 0.623. The lowest BCUT2D eigenvalue weighted by Gasteiger charge is -2.06. The molecule has 0 atom stereocenters. The van der Waals surface area contributed by atoms with Gasteiger partial charge in [0.05, 0.1) is 5.69 Å². The van der Waals surface area contributed by atoms with Crippen LogP contribution >= 0.6 is 0 Å². The second-order valence-corrected chi connectivity index (χ2v) is 2.78. The Labute approximate surface area is 70.7 Å². The highest BCUT2D eigenvalue weighted by Crippen LogP contribution is 2.19. The topological polar surface area (TPSA) is 49.9 Å². The summed E-state index contributed by atoms with van der Waals surface area (Å²) < 4.78 is 13.1. The van der Waals surface area contributed by atoms with Gasteiger partial charge in [0.1, 0.15) is 5.82 Å². The molecule has 12 heavy (non-hydrogen) atoms. The van der Waals surface area contributed by atoms with Crippen molar-refractivity contribution in [3.63, 3.8) is 0 Å². The van der Waals surface area contributed by atoms with Crippen LogP contribution in [0.4, 0.5) is 10.1 Å². The Kier molecular flexibility index (Phi) is 2.13. The molecule has 0 aliphatic carbocycles. The molecular formula is C9H11FN2. The summed E-state index contributed by atoms with van der Waals surface area (Å²) in [5, 5.41) is 7.30. The van der Waals surface area contributed by atoms with Crippen LogP contribution in [-0.2, 0) is 0 Å². The molecule has 3 heteroatoms. The fourth-order valence-corrected chi connectivity index (χ4v) is 1.03. The Bertz CT molecular complexity index is 332. The van der Waals surface area contributed by atoms with E-state index in [0.717, 1.165) is 0 Å². The van der Waals surface area contributed by atoms with Crippen molar-refractivity contribution in [2.24, 2.45) is 0 Å². The van der Waals surface area contributed by atoms with Crippen molar-refractivity contribution in [3.05, 3.63) is 29.1 Å². The number of benzene rings is 1. The van der Waals surface area contributed by atoms with Crippen molar-refractivity contribution in [2.45, 2.75) is 13.8 Å². The van der Waals surface area contributed by atoms with E-state index >= 15 is 0 Å². The highest BCUT2D eigenvalue weighted by atomic mass is 19.1. The Balaban J connectivity index is 3.36. The Morgan fingerprint density at radius 2 is 2.08 bits per heavy atom. The minimum atomic E-state index is -0.417. The number of nitrogen functional groups attached to an aromatic ring is 1. The van der Waals surface area contributed by atoms with Crippen LogP contribution in [0, 0.1) is 18.2 Å². The van der Waals surface area contributed by atoms with E-state index in [1.165, 1.54) is 0 Å². The van der Waals surface area contributed by atoms with Gasteiger partial charge in [0.2, 0.25) is 0 Å². The van der Waals surface area contributed by atoms with Gasteiger partial charge in [0, 0.05) is 11.3 Å². The first-order valence-corrected chi connectivity index (χ1v) is 3.64. The van der Waals surface area contributed by atoms with Crippen LogP contribution in [0.1, 0.15) is 18.1 Å². The lowest BCUT2D eigenvalue weighted by Crippen LogP contribution is -2.03. The minimum Gasteiger partial charge on any atom is -0.396 e. The second kappa shape index (κ2) is 2.93. The number of nitrogens with one attached hydrogen (secondary N) is 1. The molecule has 0 amide bonds. The van der Waals surface area contributed by atoms with Gasteiger partial charge in [-0.1, -0.05) is 12.1 Å². The molecule has 0 fully saturated rings. The van der Waals surface area contributed by atoms with E-state index in [0.29, 0.717) is 11.1 Å². The Hall–Kier alpha value is -1.38. The van der Waals surface area contributed by atoms with Gasteiger partial charge in [-0.05, 0) is 19.4 Å². The smallest absolute Gasteiger partial charge is 0.149 e. The number of rotatable bonds is 1. The zero-order chi connectivity index (χ0) is 9.30. The maximum atomic E-state index is 13.1. The van der Waals surface area contributed by atoms with Crippen molar-refractivity contribution in [3.8, 4) is 0 Å². The average Bonchev–Trinajstić information content (AvgIpc) is 2.00. The van der Waals surface area contributed by atoms with Gasteiger partial charge in [-0.25, -0.2) is 4.39 Å². The third-order valence-corrected chi connectivity index (χ3v) is 1.78. The van der Waals surface area contributed by atoms with E-state index in [1.807, 2.05) is 0 Å². The molecule has 0 aromatic heterocycles. The molecule has 64 valence electrons. The standard InChI is InChI=1S/C9H11FN2/c1-5-3-4-7(6(2)11)9(12)8(5)10/h3-4,11H,12H2,1-2H3. The van der Waals surface area contributed by atoms with E-state index in [2.05, 4.69) is 0 Å². The van der Waals surface area contributed by atoms with Gasteiger partial charge in [-0.15, -0.1) is 0 Å². The minimum absolute atomic E-state index is 0.0718. The van der Waals surface area contributed by atoms with Gasteiger partial charge in [0.15, 0.2) is 0 Å². The van der Waals surface area contributed by atoms with E-state index in [-0.39, 0.29) is 11.4 Å². The van der Waals surface area contributed by atoms with Gasteiger partial charge in [-0.2, -0.15) is 0 Å². The highest BCUT2D eigenvalue weighted by molar-refractivity contribution is 6.01. The zero-order valence-electron chi connectivity index (χ0n) is 7.11. The van der Waals surface area contributed by atoms with Crippen LogP contribution in [-0.4, -0.2) is 5.71 Å². The van der Waals surface area contributed by atoms with Crippen molar-refractivity contribution >= 4 is 11.4 Å². The lowest BCUT2D eigenvalue weighted by atomic mass is 10.1. The molecule has 0 saturated carbocycles.